The molecule has 0 aromatic heterocycles. The predicted octanol–water partition coefficient (Wildman–Crippen LogP) is -1.21. The van der Waals surface area contributed by atoms with E-state index in [1.807, 2.05) is 6.07 Å². The summed E-state index contributed by atoms with van der Waals surface area (Å²) >= 11 is 0. The van der Waals surface area contributed by atoms with Crippen molar-refractivity contribution < 1.29 is 0 Å². The highest BCUT2D eigenvalue weighted by atomic mass is 15.5. The molecule has 6 heteroatoms. The zero-order chi connectivity index (χ0) is 9.14. The standard InChI is InChI=1S/C6H6N6/c7-1-4-5(2-8)12(10)6(9)3-11-4/h3,5H,9-10H2. The van der Waals surface area contributed by atoms with E-state index in [-0.39, 0.29) is 11.5 Å². The van der Waals surface area contributed by atoms with E-state index in [0.29, 0.717) is 0 Å². The molecule has 0 spiro atoms. The molecule has 0 fully saturated rings. The van der Waals surface area contributed by atoms with Gasteiger partial charge in [0, 0.05) is 0 Å². The summed E-state index contributed by atoms with van der Waals surface area (Å²) in [6.45, 7) is 0. The molecule has 0 radical (unpaired) electrons. The van der Waals surface area contributed by atoms with Gasteiger partial charge in [-0.15, -0.1) is 0 Å². The lowest BCUT2D eigenvalue weighted by atomic mass is 10.2. The SMILES string of the molecule is N#CC1=NC=C(N)N(N)C1C#N. The first-order valence-electron chi connectivity index (χ1n) is 3.07. The van der Waals surface area contributed by atoms with Gasteiger partial charge in [0.05, 0.1) is 12.3 Å². The largest absolute Gasteiger partial charge is 0.383 e. The summed E-state index contributed by atoms with van der Waals surface area (Å²) in [6, 6.07) is 2.70. The van der Waals surface area contributed by atoms with Gasteiger partial charge in [-0.05, 0) is 0 Å². The highest BCUT2D eigenvalue weighted by Crippen LogP contribution is 2.06. The van der Waals surface area contributed by atoms with E-state index in [1.165, 1.54) is 6.20 Å². The molecule has 0 saturated heterocycles. The second-order valence-corrected chi connectivity index (χ2v) is 2.12. The maximum absolute atomic E-state index is 8.59. The van der Waals surface area contributed by atoms with Gasteiger partial charge in [0.25, 0.3) is 0 Å². The van der Waals surface area contributed by atoms with E-state index in [1.54, 1.807) is 6.07 Å². The Hall–Kier alpha value is -2.05. The Morgan fingerprint density at radius 3 is 2.75 bits per heavy atom. The van der Waals surface area contributed by atoms with Crippen molar-refractivity contribution >= 4 is 5.71 Å². The molecule has 0 bridgehead atoms. The van der Waals surface area contributed by atoms with Crippen LogP contribution in [0.1, 0.15) is 0 Å². The number of nitrogens with two attached hydrogens (primary N) is 2. The highest BCUT2D eigenvalue weighted by Gasteiger charge is 2.24. The molecule has 1 aliphatic heterocycles. The van der Waals surface area contributed by atoms with Gasteiger partial charge in [-0.2, -0.15) is 10.5 Å². The minimum atomic E-state index is -0.875. The minimum Gasteiger partial charge on any atom is -0.383 e. The van der Waals surface area contributed by atoms with Crippen LogP contribution in [0.2, 0.25) is 0 Å². The Balaban J connectivity index is 3.05. The number of nitrogens with zero attached hydrogens (tertiary/aromatic N) is 4. The van der Waals surface area contributed by atoms with Gasteiger partial charge < -0.3 is 5.73 Å². The van der Waals surface area contributed by atoms with Crippen molar-refractivity contribution in [2.45, 2.75) is 6.04 Å². The number of hydrogen-bond acceptors (Lipinski definition) is 6. The van der Waals surface area contributed by atoms with Crippen molar-refractivity contribution in [3.63, 3.8) is 0 Å². The number of hydrogen-bond donors (Lipinski definition) is 2. The second-order valence-electron chi connectivity index (χ2n) is 2.12. The monoisotopic (exact) mass is 162 g/mol. The Morgan fingerprint density at radius 2 is 2.25 bits per heavy atom. The minimum absolute atomic E-state index is 0.0502. The molecule has 0 aromatic carbocycles. The fourth-order valence-electron chi connectivity index (χ4n) is 0.767. The fraction of sp³-hybridized carbons (Fsp3) is 0.167. The van der Waals surface area contributed by atoms with Crippen LogP contribution < -0.4 is 11.6 Å². The molecule has 0 amide bonds. The van der Waals surface area contributed by atoms with E-state index in [2.05, 4.69) is 4.99 Å². The van der Waals surface area contributed by atoms with E-state index in [9.17, 15) is 0 Å². The lowest BCUT2D eigenvalue weighted by Crippen LogP contribution is -2.47. The van der Waals surface area contributed by atoms with Crippen LogP contribution in [0.5, 0.6) is 0 Å². The van der Waals surface area contributed by atoms with Crippen molar-refractivity contribution in [2.24, 2.45) is 16.6 Å². The molecule has 0 saturated carbocycles. The van der Waals surface area contributed by atoms with Crippen LogP contribution in [0.15, 0.2) is 17.0 Å². The van der Waals surface area contributed by atoms with Crippen LogP contribution in [0.25, 0.3) is 0 Å². The summed E-state index contributed by atoms with van der Waals surface area (Å²) in [4.78, 5) is 3.66. The average Bonchev–Trinajstić information content (AvgIpc) is 2.09. The zero-order valence-electron chi connectivity index (χ0n) is 6.10. The molecule has 1 heterocycles. The molecular formula is C6H6N6. The Bertz CT molecular complexity index is 327. The molecule has 1 aliphatic rings. The maximum atomic E-state index is 8.59. The Morgan fingerprint density at radius 1 is 1.58 bits per heavy atom. The predicted molar refractivity (Wildman–Crippen MR) is 40.7 cm³/mol. The third-order valence-electron chi connectivity index (χ3n) is 1.41. The van der Waals surface area contributed by atoms with Crippen molar-refractivity contribution in [1.29, 1.82) is 10.5 Å². The van der Waals surface area contributed by atoms with Gasteiger partial charge >= 0.3 is 0 Å². The molecule has 0 aliphatic carbocycles. The van der Waals surface area contributed by atoms with Crippen molar-refractivity contribution in [2.75, 3.05) is 0 Å². The van der Waals surface area contributed by atoms with E-state index in [4.69, 9.17) is 22.1 Å². The number of aliphatic imine (C=N–C) groups is 1. The van der Waals surface area contributed by atoms with Crippen LogP contribution in [0.3, 0.4) is 0 Å². The van der Waals surface area contributed by atoms with Crippen LogP contribution in [-0.2, 0) is 0 Å². The quantitative estimate of drug-likeness (QED) is 0.433. The fourth-order valence-corrected chi connectivity index (χ4v) is 0.767. The molecule has 12 heavy (non-hydrogen) atoms. The molecule has 4 N–H and O–H groups in total. The van der Waals surface area contributed by atoms with Crippen LogP contribution in [0, 0.1) is 22.7 Å². The third-order valence-corrected chi connectivity index (χ3v) is 1.41. The maximum Gasteiger partial charge on any atom is 0.185 e. The molecule has 1 unspecified atom stereocenters. The van der Waals surface area contributed by atoms with Gasteiger partial charge in [0.2, 0.25) is 0 Å². The van der Waals surface area contributed by atoms with E-state index < -0.39 is 6.04 Å². The summed E-state index contributed by atoms with van der Waals surface area (Å²) in [7, 11) is 0. The lowest BCUT2D eigenvalue weighted by molar-refractivity contribution is 0.352. The van der Waals surface area contributed by atoms with Crippen LogP contribution in [-0.4, -0.2) is 16.8 Å². The first-order chi connectivity index (χ1) is 5.70. The van der Waals surface area contributed by atoms with E-state index >= 15 is 0 Å². The third kappa shape index (κ3) is 1.07. The number of nitriles is 2. The summed E-state index contributed by atoms with van der Waals surface area (Å²) < 4.78 is 0. The highest BCUT2D eigenvalue weighted by molar-refractivity contribution is 6.05. The van der Waals surface area contributed by atoms with Gasteiger partial charge in [0.1, 0.15) is 11.9 Å². The first-order valence-corrected chi connectivity index (χ1v) is 3.07. The normalized spacial score (nSPS) is 21.9. The van der Waals surface area contributed by atoms with Gasteiger partial charge in [0.15, 0.2) is 11.8 Å². The van der Waals surface area contributed by atoms with Crippen molar-refractivity contribution in [3.05, 3.63) is 12.0 Å². The summed E-state index contributed by atoms with van der Waals surface area (Å²) in [5.74, 6) is 5.55. The molecule has 1 atom stereocenters. The second kappa shape index (κ2) is 2.91. The summed E-state index contributed by atoms with van der Waals surface area (Å²) in [5.41, 5.74) is 5.41. The Labute approximate surface area is 69.0 Å². The van der Waals surface area contributed by atoms with Crippen molar-refractivity contribution in [1.82, 2.24) is 5.01 Å². The van der Waals surface area contributed by atoms with Gasteiger partial charge in [-0.1, -0.05) is 0 Å². The number of hydrazine groups is 1. The Kier molecular flexibility index (Phi) is 1.95. The summed E-state index contributed by atoms with van der Waals surface area (Å²) in [6.07, 6.45) is 1.24. The summed E-state index contributed by atoms with van der Waals surface area (Å²) in [5, 5.41) is 18.1. The van der Waals surface area contributed by atoms with Gasteiger partial charge in [-0.3, -0.25) is 5.01 Å². The van der Waals surface area contributed by atoms with Crippen molar-refractivity contribution in [3.8, 4) is 12.1 Å². The number of rotatable bonds is 0. The molecule has 6 nitrogen and oxygen atoms in total. The lowest BCUT2D eigenvalue weighted by Gasteiger charge is -2.24. The van der Waals surface area contributed by atoms with E-state index in [0.717, 1.165) is 5.01 Å². The first kappa shape index (κ1) is 8.05. The topological polar surface area (TPSA) is 115 Å². The molecule has 0 aromatic rings. The zero-order valence-corrected chi connectivity index (χ0v) is 6.10. The van der Waals surface area contributed by atoms with Crippen LogP contribution in [0.4, 0.5) is 0 Å². The average molecular weight is 162 g/mol. The molecule has 60 valence electrons. The molecule has 1 rings (SSSR count). The van der Waals surface area contributed by atoms with Gasteiger partial charge in [-0.25, -0.2) is 10.8 Å². The molecular weight excluding hydrogens is 156 g/mol. The smallest absolute Gasteiger partial charge is 0.185 e. The van der Waals surface area contributed by atoms with Crippen LogP contribution >= 0.6 is 0 Å².